The van der Waals surface area contributed by atoms with E-state index in [2.05, 4.69) is 11.4 Å². The largest absolute Gasteiger partial charge is 0.495 e. The van der Waals surface area contributed by atoms with Gasteiger partial charge in [-0.1, -0.05) is 6.07 Å². The van der Waals surface area contributed by atoms with Gasteiger partial charge in [0.25, 0.3) is 0 Å². The average Bonchev–Trinajstić information content (AvgIpc) is 2.46. The first-order chi connectivity index (χ1) is 9.22. The molecule has 0 bridgehead atoms. The van der Waals surface area contributed by atoms with E-state index in [0.717, 1.165) is 36.5 Å². The normalized spacial score (nSPS) is 22.7. The van der Waals surface area contributed by atoms with E-state index in [9.17, 15) is 4.21 Å². The fourth-order valence-electron chi connectivity index (χ4n) is 2.20. The van der Waals surface area contributed by atoms with Crippen LogP contribution in [0.15, 0.2) is 18.2 Å². The van der Waals surface area contributed by atoms with Gasteiger partial charge in [0.05, 0.1) is 12.7 Å². The van der Waals surface area contributed by atoms with Crippen molar-refractivity contribution in [2.45, 2.75) is 25.4 Å². The van der Waals surface area contributed by atoms with Crippen LogP contribution in [0.4, 0.5) is 0 Å². The second-order valence-electron chi connectivity index (χ2n) is 4.65. The topological polar surface area (TPSA) is 62.1 Å². The summed E-state index contributed by atoms with van der Waals surface area (Å²) in [5, 5.41) is 12.4. The fraction of sp³-hybridized carbons (Fsp3) is 0.500. The molecular formula is C14H18N2O2S. The second kappa shape index (κ2) is 6.69. The van der Waals surface area contributed by atoms with E-state index < -0.39 is 10.8 Å². The molecule has 0 radical (unpaired) electrons. The molecule has 1 saturated heterocycles. The van der Waals surface area contributed by atoms with Crippen molar-refractivity contribution in [1.82, 2.24) is 5.32 Å². The van der Waals surface area contributed by atoms with Crippen LogP contribution in [0.25, 0.3) is 0 Å². The summed E-state index contributed by atoms with van der Waals surface area (Å²) < 4.78 is 16.5. The van der Waals surface area contributed by atoms with E-state index in [-0.39, 0.29) is 0 Å². The van der Waals surface area contributed by atoms with Crippen LogP contribution >= 0.6 is 0 Å². The van der Waals surface area contributed by atoms with Gasteiger partial charge in [-0.2, -0.15) is 5.26 Å². The third-order valence-electron chi connectivity index (χ3n) is 3.37. The highest BCUT2D eigenvalue weighted by molar-refractivity contribution is 7.85. The van der Waals surface area contributed by atoms with Crippen LogP contribution in [0.3, 0.4) is 0 Å². The summed E-state index contributed by atoms with van der Waals surface area (Å²) >= 11 is 0. The molecule has 0 aliphatic carbocycles. The van der Waals surface area contributed by atoms with E-state index in [1.54, 1.807) is 13.2 Å². The molecule has 1 N–H and O–H groups in total. The fourth-order valence-corrected chi connectivity index (χ4v) is 3.50. The molecule has 2 rings (SSSR count). The average molecular weight is 278 g/mol. The van der Waals surface area contributed by atoms with Crippen molar-refractivity contribution in [1.29, 1.82) is 5.26 Å². The Kier molecular flexibility index (Phi) is 4.94. The van der Waals surface area contributed by atoms with E-state index in [4.69, 9.17) is 10.00 Å². The summed E-state index contributed by atoms with van der Waals surface area (Å²) in [5.41, 5.74) is 1.65. The monoisotopic (exact) mass is 278 g/mol. The Labute approximate surface area is 116 Å². The molecule has 1 heterocycles. The molecule has 1 aromatic rings. The highest BCUT2D eigenvalue weighted by Gasteiger charge is 2.17. The van der Waals surface area contributed by atoms with E-state index >= 15 is 0 Å². The van der Waals surface area contributed by atoms with Gasteiger partial charge in [-0.05, 0) is 30.5 Å². The maximum Gasteiger partial charge on any atom is 0.136 e. The minimum atomic E-state index is -0.614. The van der Waals surface area contributed by atoms with Crippen molar-refractivity contribution in [3.63, 3.8) is 0 Å². The van der Waals surface area contributed by atoms with Gasteiger partial charge in [0.2, 0.25) is 0 Å². The standard InChI is InChI=1S/C14H18N2O2S/c1-18-14-8-11(2-3-12(14)9-15)10-16-13-4-6-19(17)7-5-13/h2-3,8,13,16H,4-7,10H2,1H3. The summed E-state index contributed by atoms with van der Waals surface area (Å²) in [7, 11) is 0.959. The first-order valence-electron chi connectivity index (χ1n) is 6.38. The Morgan fingerprint density at radius 1 is 1.47 bits per heavy atom. The van der Waals surface area contributed by atoms with Crippen LogP contribution in [-0.2, 0) is 17.3 Å². The minimum Gasteiger partial charge on any atom is -0.495 e. The molecule has 1 fully saturated rings. The van der Waals surface area contributed by atoms with Crippen LogP contribution in [0.5, 0.6) is 5.75 Å². The summed E-state index contributed by atoms with van der Waals surface area (Å²) in [6.45, 7) is 0.749. The number of hydrogen-bond donors (Lipinski definition) is 1. The summed E-state index contributed by atoms with van der Waals surface area (Å²) in [5.74, 6) is 2.22. The van der Waals surface area contributed by atoms with Gasteiger partial charge in [0.15, 0.2) is 0 Å². The smallest absolute Gasteiger partial charge is 0.136 e. The van der Waals surface area contributed by atoms with Gasteiger partial charge < -0.3 is 10.1 Å². The van der Waals surface area contributed by atoms with E-state index in [1.165, 1.54) is 0 Å². The Morgan fingerprint density at radius 3 is 2.84 bits per heavy atom. The van der Waals surface area contributed by atoms with Gasteiger partial charge >= 0.3 is 0 Å². The highest BCUT2D eigenvalue weighted by Crippen LogP contribution is 2.19. The first kappa shape index (κ1) is 14.0. The van der Waals surface area contributed by atoms with E-state index in [1.807, 2.05) is 12.1 Å². The molecule has 1 aromatic carbocycles. The molecular weight excluding hydrogens is 260 g/mol. The molecule has 0 unspecified atom stereocenters. The molecule has 0 aromatic heterocycles. The molecule has 4 nitrogen and oxygen atoms in total. The van der Waals surface area contributed by atoms with Gasteiger partial charge in [0, 0.05) is 34.9 Å². The minimum absolute atomic E-state index is 0.444. The number of methoxy groups -OCH3 is 1. The Balaban J connectivity index is 1.93. The maximum absolute atomic E-state index is 11.3. The lowest BCUT2D eigenvalue weighted by molar-refractivity contribution is 0.412. The number of hydrogen-bond acceptors (Lipinski definition) is 4. The zero-order chi connectivity index (χ0) is 13.7. The number of nitrogens with one attached hydrogen (secondary N) is 1. The number of nitrogens with zero attached hydrogens (tertiary/aromatic N) is 1. The van der Waals surface area contributed by atoms with Gasteiger partial charge in [-0.25, -0.2) is 0 Å². The predicted octanol–water partition coefficient (Wildman–Crippen LogP) is 1.57. The molecule has 102 valence electrons. The third kappa shape index (κ3) is 3.79. The number of benzene rings is 1. The first-order valence-corrected chi connectivity index (χ1v) is 7.87. The Morgan fingerprint density at radius 2 is 2.21 bits per heavy atom. The van der Waals surface area contributed by atoms with Gasteiger partial charge in [-0.15, -0.1) is 0 Å². The zero-order valence-corrected chi connectivity index (χ0v) is 11.8. The lowest BCUT2D eigenvalue weighted by Crippen LogP contribution is -2.35. The molecule has 0 amide bonds. The van der Waals surface area contributed by atoms with Gasteiger partial charge in [-0.3, -0.25) is 4.21 Å². The van der Waals surface area contributed by atoms with Crippen molar-refractivity contribution in [2.24, 2.45) is 0 Å². The van der Waals surface area contributed by atoms with Crippen molar-refractivity contribution in [3.8, 4) is 11.8 Å². The Hall–Kier alpha value is -1.38. The highest BCUT2D eigenvalue weighted by atomic mass is 32.2. The lowest BCUT2D eigenvalue weighted by atomic mass is 10.1. The molecule has 1 aliphatic rings. The van der Waals surface area contributed by atoms with Gasteiger partial charge in [0.1, 0.15) is 11.8 Å². The molecule has 1 aliphatic heterocycles. The van der Waals surface area contributed by atoms with Crippen LogP contribution in [0.2, 0.25) is 0 Å². The number of ether oxygens (including phenoxy) is 1. The van der Waals surface area contributed by atoms with Crippen molar-refractivity contribution >= 4 is 10.8 Å². The van der Waals surface area contributed by atoms with Crippen molar-refractivity contribution in [3.05, 3.63) is 29.3 Å². The quantitative estimate of drug-likeness (QED) is 0.908. The SMILES string of the molecule is COc1cc(CNC2CCS(=O)CC2)ccc1C#N. The molecule has 0 spiro atoms. The maximum atomic E-state index is 11.3. The second-order valence-corrected chi connectivity index (χ2v) is 6.35. The Bertz CT molecular complexity index is 501. The molecule has 5 heteroatoms. The lowest BCUT2D eigenvalue weighted by Gasteiger charge is -2.22. The number of rotatable bonds is 4. The summed E-state index contributed by atoms with van der Waals surface area (Å²) in [6.07, 6.45) is 1.94. The van der Waals surface area contributed by atoms with Crippen LogP contribution < -0.4 is 10.1 Å². The van der Waals surface area contributed by atoms with Crippen molar-refractivity contribution < 1.29 is 8.95 Å². The predicted molar refractivity (Wildman–Crippen MR) is 75.4 cm³/mol. The van der Waals surface area contributed by atoms with Crippen LogP contribution in [-0.4, -0.2) is 28.9 Å². The van der Waals surface area contributed by atoms with E-state index in [0.29, 0.717) is 17.4 Å². The van der Waals surface area contributed by atoms with Crippen LogP contribution in [0.1, 0.15) is 24.0 Å². The number of nitriles is 1. The van der Waals surface area contributed by atoms with Crippen LogP contribution in [0, 0.1) is 11.3 Å². The molecule has 0 atom stereocenters. The molecule has 19 heavy (non-hydrogen) atoms. The summed E-state index contributed by atoms with van der Waals surface area (Å²) in [4.78, 5) is 0. The van der Waals surface area contributed by atoms with Crippen molar-refractivity contribution in [2.75, 3.05) is 18.6 Å². The molecule has 0 saturated carbocycles. The summed E-state index contributed by atoms with van der Waals surface area (Å²) in [6, 6.07) is 8.17. The third-order valence-corrected chi connectivity index (χ3v) is 4.75. The zero-order valence-electron chi connectivity index (χ0n) is 11.0.